The molecule has 3 aromatic heterocycles. The maximum absolute atomic E-state index is 13.7. The first-order chi connectivity index (χ1) is 45.2. The van der Waals surface area contributed by atoms with Crippen molar-refractivity contribution in [1.29, 1.82) is 5.26 Å². The van der Waals surface area contributed by atoms with Gasteiger partial charge in [-0.05, 0) is 112 Å². The first kappa shape index (κ1) is 72.2. The number of nitrogens with zero attached hydrogens (tertiary/aromatic N) is 10. The van der Waals surface area contributed by atoms with E-state index in [1.54, 1.807) is 11.8 Å². The van der Waals surface area contributed by atoms with Gasteiger partial charge in [-0.2, -0.15) is 41.6 Å². The number of carbonyl (C=O) groups excluding carboxylic acids is 3. The lowest BCUT2D eigenvalue weighted by atomic mass is 10.1. The number of sulfone groups is 2. The molecule has 7 unspecified atom stereocenters. The summed E-state index contributed by atoms with van der Waals surface area (Å²) < 4.78 is 238. The molecule has 530 valence electrons. The van der Waals surface area contributed by atoms with E-state index in [0.717, 1.165) is 38.7 Å². The Morgan fingerprint density at radius 1 is 0.592 bits per heavy atom. The van der Waals surface area contributed by atoms with Crippen LogP contribution < -0.4 is 14.2 Å². The van der Waals surface area contributed by atoms with E-state index in [2.05, 4.69) is 39.5 Å². The summed E-state index contributed by atoms with van der Waals surface area (Å²) in [5.41, 5.74) is -2.44. The molecule has 98 heavy (non-hydrogen) atoms. The maximum Gasteiger partial charge on any atom is 0.471 e. The van der Waals surface area contributed by atoms with Gasteiger partial charge in [0.15, 0.2) is 49.6 Å². The van der Waals surface area contributed by atoms with Gasteiger partial charge in [0.1, 0.15) is 17.2 Å². The van der Waals surface area contributed by atoms with Gasteiger partial charge in [0.2, 0.25) is 11.8 Å². The lowest BCUT2D eigenvalue weighted by Crippen LogP contribution is -2.35. The van der Waals surface area contributed by atoms with Crippen molar-refractivity contribution in [3.63, 3.8) is 0 Å². The number of hydrogen-bond acceptors (Lipinski definition) is 20. The molecule has 0 bridgehead atoms. The molecule has 3 amide bonds. The highest BCUT2D eigenvalue weighted by atomic mass is 32.2. The van der Waals surface area contributed by atoms with E-state index in [-0.39, 0.29) is 111 Å². The SMILES string of the molecule is CC(Oc1ccc(C#N)cc1C(=O)N1CC2CC2(c2noc(C(F)(F)F)n2)C1)C(C)(F)F.CCS(=O)(=O)c1ccc(O[C@@H](C)C(C)(F)F)c(C(=O)N2CC3CC3(c3noc(C(F)(F)F)n3)C2)c1.Cc1nnc(C23CC2CN(C(=O)c2cc(S(C)(=O)=O)ccc2O[C@@H](C)C(C)(F)F)C3)o1. The molecule has 6 aliphatic rings. The largest absolute Gasteiger partial charge is 0.484 e. The van der Waals surface area contributed by atoms with E-state index in [4.69, 9.17) is 23.9 Å². The van der Waals surface area contributed by atoms with Crippen LogP contribution in [-0.2, 0) is 48.3 Å². The molecule has 3 aromatic carbocycles. The summed E-state index contributed by atoms with van der Waals surface area (Å²) >= 11 is 0. The molecule has 3 aliphatic carbocycles. The molecule has 0 N–H and O–H groups in total. The number of fused-ring (bicyclic) bond motifs is 3. The summed E-state index contributed by atoms with van der Waals surface area (Å²) in [4.78, 5) is 50.8. The Kier molecular flexibility index (Phi) is 18.4. The van der Waals surface area contributed by atoms with Gasteiger partial charge in [0, 0.05) is 73.2 Å². The van der Waals surface area contributed by atoms with Crippen molar-refractivity contribution in [2.24, 2.45) is 17.8 Å². The van der Waals surface area contributed by atoms with E-state index >= 15 is 0 Å². The zero-order valence-corrected chi connectivity index (χ0v) is 55.0. The van der Waals surface area contributed by atoms with Crippen LogP contribution in [0.25, 0.3) is 0 Å². The summed E-state index contributed by atoms with van der Waals surface area (Å²) in [6.07, 6.45) is -11.5. The molecular formula is C61H62F12N10O13S2. The van der Waals surface area contributed by atoms with Crippen molar-refractivity contribution in [3.05, 3.63) is 112 Å². The first-order valence-corrected chi connectivity index (χ1v) is 33.7. The number of likely N-dealkylation sites (tertiary alicyclic amines) is 3. The maximum atomic E-state index is 13.7. The lowest BCUT2D eigenvalue weighted by Gasteiger charge is -2.25. The Balaban J connectivity index is 0.000000160. The fourth-order valence-corrected chi connectivity index (χ4v) is 13.5. The number of hydrogen-bond donors (Lipinski definition) is 0. The van der Waals surface area contributed by atoms with Crippen molar-refractivity contribution in [3.8, 4) is 23.3 Å². The second-order valence-corrected chi connectivity index (χ2v) is 30.0. The van der Waals surface area contributed by atoms with Crippen LogP contribution in [0.15, 0.2) is 77.9 Å². The smallest absolute Gasteiger partial charge is 0.471 e. The number of nitriles is 1. The Labute approximate surface area is 551 Å². The predicted octanol–water partition coefficient (Wildman–Crippen LogP) is 10.1. The van der Waals surface area contributed by atoms with Gasteiger partial charge in [0.05, 0.1) is 60.1 Å². The average Bonchev–Trinajstić information content (AvgIpc) is 1.56. The molecule has 3 saturated heterocycles. The fourth-order valence-electron chi connectivity index (χ4n) is 11.9. The monoisotopic (exact) mass is 1430 g/mol. The summed E-state index contributed by atoms with van der Waals surface area (Å²) in [5.74, 6) is -14.6. The third-order valence-electron chi connectivity index (χ3n) is 18.4. The van der Waals surface area contributed by atoms with Gasteiger partial charge in [-0.15, -0.1) is 10.2 Å². The third-order valence-corrected chi connectivity index (χ3v) is 21.2. The van der Waals surface area contributed by atoms with E-state index in [9.17, 15) is 83.9 Å². The van der Waals surface area contributed by atoms with Crippen LogP contribution in [0.5, 0.6) is 17.2 Å². The number of aryl methyl sites for hydroxylation is 1. The molecule has 6 aromatic rings. The number of rotatable bonds is 18. The zero-order valence-electron chi connectivity index (χ0n) is 53.4. The van der Waals surface area contributed by atoms with Crippen LogP contribution in [0.3, 0.4) is 0 Å². The minimum absolute atomic E-state index is 0.0308. The second-order valence-electron chi connectivity index (χ2n) is 25.7. The van der Waals surface area contributed by atoms with Crippen molar-refractivity contribution < 1.29 is 112 Å². The topological polar surface area (TPSA) is 297 Å². The van der Waals surface area contributed by atoms with Gasteiger partial charge in [-0.3, -0.25) is 14.4 Å². The van der Waals surface area contributed by atoms with Crippen molar-refractivity contribution >= 4 is 37.4 Å². The zero-order chi connectivity index (χ0) is 72.2. The Hall–Kier alpha value is -8.56. The summed E-state index contributed by atoms with van der Waals surface area (Å²) in [5, 5.41) is 24.0. The number of benzene rings is 3. The van der Waals surface area contributed by atoms with Crippen LogP contribution in [0, 0.1) is 36.0 Å². The molecule has 12 rings (SSSR count). The third kappa shape index (κ3) is 14.5. The van der Waals surface area contributed by atoms with Gasteiger partial charge in [-0.25, -0.2) is 43.2 Å². The normalized spacial score (nSPS) is 23.6. The molecule has 3 aliphatic heterocycles. The summed E-state index contributed by atoms with van der Waals surface area (Å²) in [7, 11) is -7.35. The number of ether oxygens (including phenoxy) is 3. The summed E-state index contributed by atoms with van der Waals surface area (Å²) in [6, 6.07) is 12.8. The van der Waals surface area contributed by atoms with E-state index < -0.39 is 114 Å². The highest BCUT2D eigenvalue weighted by molar-refractivity contribution is 7.91. The van der Waals surface area contributed by atoms with Crippen LogP contribution in [-0.4, -0.2) is 167 Å². The predicted molar refractivity (Wildman–Crippen MR) is 312 cm³/mol. The number of piperidine rings is 3. The fraction of sp³-hybridized carbons (Fsp3) is 0.541. The van der Waals surface area contributed by atoms with Crippen LogP contribution >= 0.6 is 0 Å². The number of carbonyl (C=O) groups is 3. The quantitative estimate of drug-likeness (QED) is 0.0722. The van der Waals surface area contributed by atoms with Gasteiger partial charge >= 0.3 is 24.1 Å². The number of aromatic nitrogens is 6. The Bertz CT molecular complexity index is 4370. The molecule has 6 heterocycles. The van der Waals surface area contributed by atoms with E-state index in [1.807, 2.05) is 6.07 Å². The van der Waals surface area contributed by atoms with E-state index in [1.165, 1.54) is 66.1 Å². The van der Waals surface area contributed by atoms with Gasteiger partial charge in [-0.1, -0.05) is 17.2 Å². The Morgan fingerprint density at radius 3 is 1.32 bits per heavy atom. The minimum atomic E-state index is -4.81. The van der Waals surface area contributed by atoms with E-state index in [0.29, 0.717) is 58.5 Å². The average molecular weight is 1440 g/mol. The van der Waals surface area contributed by atoms with Gasteiger partial charge < -0.3 is 42.4 Å². The highest BCUT2D eigenvalue weighted by Crippen LogP contribution is 2.61. The molecule has 6 fully saturated rings. The molecular weight excluding hydrogens is 1370 g/mol. The molecule has 37 heteroatoms. The van der Waals surface area contributed by atoms with Crippen molar-refractivity contribution in [2.75, 3.05) is 51.3 Å². The molecule has 9 atom stereocenters. The molecule has 0 radical (unpaired) electrons. The molecule has 3 saturated carbocycles. The summed E-state index contributed by atoms with van der Waals surface area (Å²) in [6.45, 7) is 9.68. The van der Waals surface area contributed by atoms with Crippen molar-refractivity contribution in [1.82, 2.24) is 45.2 Å². The molecule has 0 spiro atoms. The van der Waals surface area contributed by atoms with Gasteiger partial charge in [0.25, 0.3) is 35.5 Å². The van der Waals surface area contributed by atoms with Crippen LogP contribution in [0.4, 0.5) is 52.7 Å². The number of alkyl halides is 12. The number of amides is 3. The van der Waals surface area contributed by atoms with Crippen molar-refractivity contribution in [2.45, 2.75) is 149 Å². The lowest BCUT2D eigenvalue weighted by molar-refractivity contribution is -0.160. The molecule has 23 nitrogen and oxygen atoms in total. The first-order valence-electron chi connectivity index (χ1n) is 30.1. The van der Waals surface area contributed by atoms with Crippen LogP contribution in [0.2, 0.25) is 0 Å². The number of halogens is 12. The van der Waals surface area contributed by atoms with Crippen LogP contribution in [0.1, 0.15) is 140 Å². The second kappa shape index (κ2) is 25.0. The highest BCUT2D eigenvalue weighted by Gasteiger charge is 2.67. The minimum Gasteiger partial charge on any atom is -0.484 e. The standard InChI is InChI=1S/C21H22F5N3O5S.C20H17F5N4O3.C20H23F2N3O5S/c1-4-35(31,32)13-5-6-15(33-11(2)19(3,22)23)14(7-13)16(30)29-9-12-8-20(12,10-29)17-27-18(34-28-17)21(24,25)26;1-10(18(2,21)22)31-14-4-3-11(7-26)5-13(14)15(30)29-8-12-6-19(12,9-29)16-27-17(32-28-16)20(23,24)25;1-11(19(3,21)22)29-16-6-5-14(31(4,27)28)7-15(16)17(26)25-9-13-8-20(13,10-25)18-24-23-12(2)30-18/h5-7,11-12H,4,8-10H2,1-3H3;3-5,10,12H,6,8-9H2,1-2H3;5-7,11,13H,8-10H2,1-4H3/t11-,12?,20?;;11-,13?,20?/m0.0/s1. The Morgan fingerprint density at radius 2 is 0.959 bits per heavy atom.